The summed E-state index contributed by atoms with van der Waals surface area (Å²) in [5, 5.41) is 9.32. The summed E-state index contributed by atoms with van der Waals surface area (Å²) in [4.78, 5) is 34.1. The molecule has 9 heteroatoms. The summed E-state index contributed by atoms with van der Waals surface area (Å²) in [5.41, 5.74) is 2.25. The number of anilines is 1. The molecule has 4 aliphatic rings. The van der Waals surface area contributed by atoms with Gasteiger partial charge in [0.1, 0.15) is 6.04 Å². The number of ether oxygens (including phenoxy) is 3. The van der Waals surface area contributed by atoms with Crippen molar-refractivity contribution < 1.29 is 33.7 Å². The highest BCUT2D eigenvalue weighted by atomic mass is 35.5. The number of aliphatic hydroxyl groups excluding tert-OH is 1. The number of halogens is 1. The highest BCUT2D eigenvalue weighted by molar-refractivity contribution is 6.31. The van der Waals surface area contributed by atoms with Gasteiger partial charge in [0.05, 0.1) is 25.7 Å². The summed E-state index contributed by atoms with van der Waals surface area (Å²) in [6.07, 6.45) is 2.21. The van der Waals surface area contributed by atoms with Gasteiger partial charge in [0.15, 0.2) is 6.10 Å². The number of nitrogens with zero attached hydrogens (tertiary/aromatic N) is 1. The highest BCUT2D eigenvalue weighted by Crippen LogP contribution is 2.36. The fourth-order valence-corrected chi connectivity index (χ4v) is 3.85. The molecule has 0 aromatic heterocycles. The van der Waals surface area contributed by atoms with Crippen molar-refractivity contribution in [3.63, 3.8) is 0 Å². The monoisotopic (exact) mass is 439 g/mol. The van der Waals surface area contributed by atoms with Gasteiger partial charge in [-0.15, -0.1) is 0 Å². The SMILES string of the molecule is C[C@@H]1CCOC1=O.O=C1OCC[C@@H]1N1CCc2c(Cl)cccc21.O=C1OCC[C@H]1O. The lowest BCUT2D eigenvalue weighted by atomic mass is 10.1. The second kappa shape index (κ2) is 10.1. The van der Waals surface area contributed by atoms with E-state index in [-0.39, 0.29) is 23.9 Å². The highest BCUT2D eigenvalue weighted by Gasteiger charge is 2.36. The zero-order chi connectivity index (χ0) is 21.7. The minimum absolute atomic E-state index is 0.0417. The van der Waals surface area contributed by atoms with Gasteiger partial charge in [-0.25, -0.2) is 9.59 Å². The van der Waals surface area contributed by atoms with Crippen LogP contribution in [-0.2, 0) is 35.0 Å². The van der Waals surface area contributed by atoms with E-state index in [1.54, 1.807) is 0 Å². The first-order chi connectivity index (χ1) is 14.4. The zero-order valence-electron chi connectivity index (χ0n) is 16.8. The molecule has 4 heterocycles. The third-order valence-corrected chi connectivity index (χ3v) is 5.75. The second-order valence-electron chi connectivity index (χ2n) is 7.48. The molecular formula is C21H26ClNO7. The number of benzene rings is 1. The van der Waals surface area contributed by atoms with Crippen LogP contribution in [0.15, 0.2) is 18.2 Å². The fourth-order valence-electron chi connectivity index (χ4n) is 3.59. The largest absolute Gasteiger partial charge is 0.465 e. The molecule has 1 aromatic carbocycles. The van der Waals surface area contributed by atoms with Crippen LogP contribution < -0.4 is 4.90 Å². The van der Waals surface area contributed by atoms with E-state index in [4.69, 9.17) is 21.4 Å². The molecule has 0 amide bonds. The number of hydrogen-bond acceptors (Lipinski definition) is 8. The van der Waals surface area contributed by atoms with Crippen LogP contribution in [-0.4, -0.2) is 61.5 Å². The minimum Gasteiger partial charge on any atom is -0.465 e. The average Bonchev–Trinajstić information content (AvgIpc) is 3.49. The molecule has 8 nitrogen and oxygen atoms in total. The van der Waals surface area contributed by atoms with E-state index in [0.717, 1.165) is 42.1 Å². The minimum atomic E-state index is -0.847. The van der Waals surface area contributed by atoms with Crippen molar-refractivity contribution in [2.24, 2.45) is 5.92 Å². The van der Waals surface area contributed by atoms with Gasteiger partial charge in [-0.2, -0.15) is 0 Å². The maximum absolute atomic E-state index is 11.6. The molecule has 5 rings (SSSR count). The first-order valence-electron chi connectivity index (χ1n) is 10.1. The van der Waals surface area contributed by atoms with Crippen LogP contribution in [0.4, 0.5) is 5.69 Å². The third kappa shape index (κ3) is 5.23. The molecule has 0 saturated carbocycles. The van der Waals surface area contributed by atoms with Gasteiger partial charge in [0.2, 0.25) is 0 Å². The van der Waals surface area contributed by atoms with E-state index >= 15 is 0 Å². The Morgan fingerprint density at radius 1 is 0.967 bits per heavy atom. The van der Waals surface area contributed by atoms with Crippen molar-refractivity contribution in [3.8, 4) is 0 Å². The van der Waals surface area contributed by atoms with E-state index in [2.05, 4.69) is 14.4 Å². The average molecular weight is 440 g/mol. The topological polar surface area (TPSA) is 102 Å². The Kier molecular flexibility index (Phi) is 7.55. The van der Waals surface area contributed by atoms with Crippen LogP contribution in [0, 0.1) is 5.92 Å². The molecule has 0 unspecified atom stereocenters. The normalized spacial score (nSPS) is 26.7. The molecular weight excluding hydrogens is 414 g/mol. The molecule has 1 aromatic rings. The maximum atomic E-state index is 11.6. The smallest absolute Gasteiger partial charge is 0.335 e. The summed E-state index contributed by atoms with van der Waals surface area (Å²) in [6, 6.07) is 5.75. The van der Waals surface area contributed by atoms with E-state index in [9.17, 15) is 14.4 Å². The first-order valence-corrected chi connectivity index (χ1v) is 10.5. The quantitative estimate of drug-likeness (QED) is 0.522. The number of aliphatic hydroxyl groups is 1. The first kappa shape index (κ1) is 22.4. The van der Waals surface area contributed by atoms with Crippen molar-refractivity contribution in [3.05, 3.63) is 28.8 Å². The Morgan fingerprint density at radius 3 is 2.10 bits per heavy atom. The van der Waals surface area contributed by atoms with E-state index in [1.165, 1.54) is 0 Å². The Morgan fingerprint density at radius 2 is 1.63 bits per heavy atom. The predicted octanol–water partition coefficient (Wildman–Crippen LogP) is 1.88. The van der Waals surface area contributed by atoms with E-state index < -0.39 is 12.1 Å². The molecule has 164 valence electrons. The van der Waals surface area contributed by atoms with Crippen LogP contribution in [0.2, 0.25) is 5.02 Å². The lowest BCUT2D eigenvalue weighted by molar-refractivity contribution is -0.144. The van der Waals surface area contributed by atoms with Gasteiger partial charge in [0, 0.05) is 30.1 Å². The van der Waals surface area contributed by atoms with Gasteiger partial charge in [-0.05, 0) is 30.5 Å². The second-order valence-corrected chi connectivity index (χ2v) is 7.89. The van der Waals surface area contributed by atoms with E-state index in [1.807, 2.05) is 25.1 Å². The lowest BCUT2D eigenvalue weighted by Crippen LogP contribution is -2.37. The number of carbonyl (C=O) groups is 3. The van der Waals surface area contributed by atoms with E-state index in [0.29, 0.717) is 26.2 Å². The van der Waals surface area contributed by atoms with Crippen LogP contribution in [0.5, 0.6) is 0 Å². The Balaban J connectivity index is 0.000000152. The van der Waals surface area contributed by atoms with Crippen LogP contribution >= 0.6 is 11.6 Å². The molecule has 0 aliphatic carbocycles. The number of carbonyl (C=O) groups excluding carboxylic acids is 3. The van der Waals surface area contributed by atoms with Crippen molar-refractivity contribution in [1.29, 1.82) is 0 Å². The maximum Gasteiger partial charge on any atom is 0.335 e. The molecule has 3 saturated heterocycles. The Hall–Kier alpha value is -2.32. The number of esters is 3. The third-order valence-electron chi connectivity index (χ3n) is 5.40. The number of rotatable bonds is 1. The molecule has 0 radical (unpaired) electrons. The standard InChI is InChI=1S/C12H12ClNO2.C5H8O2.C4H6O3/c13-9-2-1-3-10-8(9)4-6-14(10)11-5-7-16-12(11)15;1-4-2-3-7-5(4)6;5-3-1-2-7-4(3)6/h1-3,11H,4-7H2;4H,2-3H2,1H3;3,5H,1-2H2/t11-;4-;3-/m011/s1. The number of cyclic esters (lactones) is 3. The van der Waals surface area contributed by atoms with Gasteiger partial charge in [-0.1, -0.05) is 24.6 Å². The molecule has 0 bridgehead atoms. The predicted molar refractivity (Wildman–Crippen MR) is 108 cm³/mol. The Labute approximate surface area is 180 Å². The molecule has 30 heavy (non-hydrogen) atoms. The van der Waals surface area contributed by atoms with Crippen molar-refractivity contribution in [2.75, 3.05) is 31.3 Å². The summed E-state index contributed by atoms with van der Waals surface area (Å²) in [6.45, 7) is 4.28. The number of hydrogen-bond donors (Lipinski definition) is 1. The van der Waals surface area contributed by atoms with Crippen molar-refractivity contribution >= 4 is 35.2 Å². The summed E-state index contributed by atoms with van der Waals surface area (Å²) >= 11 is 6.14. The van der Waals surface area contributed by atoms with Gasteiger partial charge >= 0.3 is 17.9 Å². The van der Waals surface area contributed by atoms with Gasteiger partial charge in [0.25, 0.3) is 0 Å². The van der Waals surface area contributed by atoms with Crippen molar-refractivity contribution in [2.45, 2.75) is 44.8 Å². The van der Waals surface area contributed by atoms with Crippen LogP contribution in [0.3, 0.4) is 0 Å². The van der Waals surface area contributed by atoms with Crippen LogP contribution in [0.1, 0.15) is 31.7 Å². The fraction of sp³-hybridized carbons (Fsp3) is 0.571. The summed E-state index contributed by atoms with van der Waals surface area (Å²) < 4.78 is 14.0. The molecule has 0 spiro atoms. The lowest BCUT2D eigenvalue weighted by Gasteiger charge is -2.23. The van der Waals surface area contributed by atoms with Gasteiger partial charge in [-0.3, -0.25) is 4.79 Å². The van der Waals surface area contributed by atoms with Crippen molar-refractivity contribution in [1.82, 2.24) is 0 Å². The molecule has 3 atom stereocenters. The molecule has 3 fully saturated rings. The number of fused-ring (bicyclic) bond motifs is 1. The summed E-state index contributed by atoms with van der Waals surface area (Å²) in [5.74, 6) is -0.479. The van der Waals surface area contributed by atoms with Crippen LogP contribution in [0.25, 0.3) is 0 Å². The molecule has 4 aliphatic heterocycles. The zero-order valence-corrected chi connectivity index (χ0v) is 17.6. The summed E-state index contributed by atoms with van der Waals surface area (Å²) in [7, 11) is 0. The molecule has 1 N–H and O–H groups in total. The Bertz CT molecular complexity index is 776. The van der Waals surface area contributed by atoms with Gasteiger partial charge < -0.3 is 24.2 Å².